The zero-order valence-electron chi connectivity index (χ0n) is 12.9. The highest BCUT2D eigenvalue weighted by molar-refractivity contribution is 8.00. The zero-order valence-corrected chi connectivity index (χ0v) is 13.8. The number of methoxy groups -OCH3 is 1. The molecule has 1 aromatic carbocycles. The number of nitriles is 1. The van der Waals surface area contributed by atoms with Crippen molar-refractivity contribution in [1.29, 1.82) is 5.26 Å². The Balaban J connectivity index is 1.97. The van der Waals surface area contributed by atoms with Crippen LogP contribution in [0.4, 0.5) is 0 Å². The maximum atomic E-state index is 9.02. The SMILES string of the molecule is COc1ccc(C#N)cc1CNCC1(SC)CCCCC1. The molecule has 4 heteroatoms. The van der Waals surface area contributed by atoms with E-state index in [1.54, 1.807) is 13.2 Å². The molecule has 21 heavy (non-hydrogen) atoms. The maximum absolute atomic E-state index is 9.02. The minimum Gasteiger partial charge on any atom is -0.496 e. The molecule has 0 aliphatic heterocycles. The molecule has 2 rings (SSSR count). The van der Waals surface area contributed by atoms with Gasteiger partial charge < -0.3 is 10.1 Å². The van der Waals surface area contributed by atoms with Crippen molar-refractivity contribution >= 4 is 11.8 Å². The van der Waals surface area contributed by atoms with E-state index >= 15 is 0 Å². The second-order valence-corrected chi connectivity index (χ2v) is 6.96. The lowest BCUT2D eigenvalue weighted by Crippen LogP contribution is -2.39. The van der Waals surface area contributed by atoms with Crippen molar-refractivity contribution in [2.75, 3.05) is 19.9 Å². The van der Waals surface area contributed by atoms with Crippen molar-refractivity contribution in [2.24, 2.45) is 0 Å². The van der Waals surface area contributed by atoms with Crippen LogP contribution >= 0.6 is 11.8 Å². The molecule has 1 saturated carbocycles. The summed E-state index contributed by atoms with van der Waals surface area (Å²) in [5.41, 5.74) is 1.74. The van der Waals surface area contributed by atoms with Crippen molar-refractivity contribution in [3.05, 3.63) is 29.3 Å². The lowest BCUT2D eigenvalue weighted by molar-refractivity contribution is 0.375. The molecule has 0 saturated heterocycles. The number of ether oxygens (including phenoxy) is 1. The topological polar surface area (TPSA) is 45.0 Å². The summed E-state index contributed by atoms with van der Waals surface area (Å²) in [6.45, 7) is 1.77. The van der Waals surface area contributed by atoms with Gasteiger partial charge in [-0.25, -0.2) is 0 Å². The Hall–Kier alpha value is -1.18. The summed E-state index contributed by atoms with van der Waals surface area (Å²) < 4.78 is 5.77. The van der Waals surface area contributed by atoms with Gasteiger partial charge in [0.2, 0.25) is 0 Å². The fourth-order valence-electron chi connectivity index (χ4n) is 3.06. The van der Waals surface area contributed by atoms with E-state index in [4.69, 9.17) is 10.00 Å². The van der Waals surface area contributed by atoms with Crippen LogP contribution in [-0.4, -0.2) is 24.7 Å². The molecular formula is C17H24N2OS. The van der Waals surface area contributed by atoms with E-state index in [1.807, 2.05) is 23.9 Å². The Morgan fingerprint density at radius 1 is 1.33 bits per heavy atom. The van der Waals surface area contributed by atoms with E-state index in [0.29, 0.717) is 10.3 Å². The molecule has 0 atom stereocenters. The monoisotopic (exact) mass is 304 g/mol. The summed E-state index contributed by atoms with van der Waals surface area (Å²) in [4.78, 5) is 0. The summed E-state index contributed by atoms with van der Waals surface area (Å²) in [7, 11) is 1.68. The molecule has 3 nitrogen and oxygen atoms in total. The van der Waals surface area contributed by atoms with Gasteiger partial charge in [0.1, 0.15) is 5.75 Å². The van der Waals surface area contributed by atoms with E-state index in [-0.39, 0.29) is 0 Å². The van der Waals surface area contributed by atoms with Crippen LogP contribution < -0.4 is 10.1 Å². The number of thioether (sulfide) groups is 1. The number of nitrogens with one attached hydrogen (secondary N) is 1. The van der Waals surface area contributed by atoms with Gasteiger partial charge in [0.25, 0.3) is 0 Å². The van der Waals surface area contributed by atoms with Crippen molar-refractivity contribution in [1.82, 2.24) is 5.32 Å². The van der Waals surface area contributed by atoms with Crippen LogP contribution in [0.5, 0.6) is 5.75 Å². The number of nitrogens with zero attached hydrogens (tertiary/aromatic N) is 1. The van der Waals surface area contributed by atoms with Gasteiger partial charge in [0.15, 0.2) is 0 Å². The first kappa shape index (κ1) is 16.2. The Labute approximate surface area is 132 Å². The molecule has 0 radical (unpaired) electrons. The summed E-state index contributed by atoms with van der Waals surface area (Å²) in [5.74, 6) is 0.850. The van der Waals surface area contributed by atoms with Gasteiger partial charge in [-0.3, -0.25) is 0 Å². The van der Waals surface area contributed by atoms with Gasteiger partial charge in [-0.05, 0) is 37.3 Å². The minimum absolute atomic E-state index is 0.387. The van der Waals surface area contributed by atoms with Gasteiger partial charge in [-0.15, -0.1) is 0 Å². The lowest BCUT2D eigenvalue weighted by Gasteiger charge is -2.36. The molecule has 0 spiro atoms. The molecule has 1 fully saturated rings. The summed E-state index contributed by atoms with van der Waals surface area (Å²) in [6.07, 6.45) is 8.89. The highest BCUT2D eigenvalue weighted by Gasteiger charge is 2.30. The molecule has 0 heterocycles. The molecule has 1 N–H and O–H groups in total. The third kappa shape index (κ3) is 4.15. The fourth-order valence-corrected chi connectivity index (χ4v) is 4.00. The first-order chi connectivity index (χ1) is 10.2. The Bertz CT molecular complexity index is 504. The highest BCUT2D eigenvalue weighted by atomic mass is 32.2. The summed E-state index contributed by atoms with van der Waals surface area (Å²) in [5, 5.41) is 12.6. The molecular weight excluding hydrogens is 280 g/mol. The van der Waals surface area contributed by atoms with Crippen LogP contribution in [0.15, 0.2) is 18.2 Å². The number of hydrogen-bond donors (Lipinski definition) is 1. The fraction of sp³-hybridized carbons (Fsp3) is 0.588. The molecule has 1 aliphatic rings. The predicted molar refractivity (Wildman–Crippen MR) is 88.7 cm³/mol. The van der Waals surface area contributed by atoms with Crippen molar-refractivity contribution in [2.45, 2.75) is 43.4 Å². The molecule has 1 aliphatic carbocycles. The first-order valence-corrected chi connectivity index (χ1v) is 8.78. The molecule has 0 bridgehead atoms. The second-order valence-electron chi connectivity index (χ2n) is 5.69. The van der Waals surface area contributed by atoms with Crippen molar-refractivity contribution in [3.63, 3.8) is 0 Å². The third-order valence-electron chi connectivity index (χ3n) is 4.37. The number of benzene rings is 1. The quantitative estimate of drug-likeness (QED) is 0.870. The normalized spacial score (nSPS) is 17.2. The van der Waals surface area contributed by atoms with Crippen molar-refractivity contribution in [3.8, 4) is 11.8 Å². The lowest BCUT2D eigenvalue weighted by atomic mass is 9.88. The summed E-state index contributed by atoms with van der Waals surface area (Å²) in [6, 6.07) is 7.78. The van der Waals surface area contributed by atoms with E-state index in [2.05, 4.69) is 17.6 Å². The smallest absolute Gasteiger partial charge is 0.123 e. The van der Waals surface area contributed by atoms with Crippen LogP contribution in [0, 0.1) is 11.3 Å². The van der Waals surface area contributed by atoms with Gasteiger partial charge in [0, 0.05) is 23.4 Å². The highest BCUT2D eigenvalue weighted by Crippen LogP contribution is 2.38. The third-order valence-corrected chi connectivity index (χ3v) is 5.79. The van der Waals surface area contributed by atoms with E-state index in [9.17, 15) is 0 Å². The standard InChI is InChI=1S/C17H24N2OS/c1-20-16-7-6-14(11-18)10-15(16)12-19-13-17(21-2)8-4-3-5-9-17/h6-7,10,19H,3-5,8-9,12-13H2,1-2H3. The van der Waals surface area contributed by atoms with Crippen LogP contribution in [-0.2, 0) is 6.54 Å². The average Bonchev–Trinajstić information content (AvgIpc) is 2.55. The minimum atomic E-state index is 0.387. The van der Waals surface area contributed by atoms with Crippen LogP contribution in [0.25, 0.3) is 0 Å². The van der Waals surface area contributed by atoms with Crippen LogP contribution in [0.3, 0.4) is 0 Å². The average molecular weight is 304 g/mol. The second kappa shape index (κ2) is 7.72. The molecule has 114 valence electrons. The molecule has 1 aromatic rings. The van der Waals surface area contributed by atoms with Gasteiger partial charge >= 0.3 is 0 Å². The number of rotatable bonds is 6. The molecule has 0 unspecified atom stereocenters. The Kier molecular flexibility index (Phi) is 5.96. The largest absolute Gasteiger partial charge is 0.496 e. The van der Waals surface area contributed by atoms with E-state index in [1.165, 1.54) is 32.1 Å². The predicted octanol–water partition coefficient (Wildman–Crippen LogP) is 3.72. The number of hydrogen-bond acceptors (Lipinski definition) is 4. The van der Waals surface area contributed by atoms with Crippen LogP contribution in [0.2, 0.25) is 0 Å². The van der Waals surface area contributed by atoms with Gasteiger partial charge in [0.05, 0.1) is 18.7 Å². The zero-order chi connectivity index (χ0) is 15.1. The Morgan fingerprint density at radius 3 is 2.71 bits per heavy atom. The van der Waals surface area contributed by atoms with Gasteiger partial charge in [-0.1, -0.05) is 19.3 Å². The van der Waals surface area contributed by atoms with E-state index in [0.717, 1.165) is 24.4 Å². The molecule has 0 amide bonds. The molecule has 0 aromatic heterocycles. The van der Waals surface area contributed by atoms with Gasteiger partial charge in [-0.2, -0.15) is 17.0 Å². The first-order valence-electron chi connectivity index (χ1n) is 7.56. The van der Waals surface area contributed by atoms with E-state index < -0.39 is 0 Å². The Morgan fingerprint density at radius 2 is 2.10 bits per heavy atom. The maximum Gasteiger partial charge on any atom is 0.123 e. The summed E-state index contributed by atoms with van der Waals surface area (Å²) >= 11 is 2.00. The van der Waals surface area contributed by atoms with Crippen LogP contribution in [0.1, 0.15) is 43.2 Å². The van der Waals surface area contributed by atoms with Crippen molar-refractivity contribution < 1.29 is 4.74 Å².